The first-order valence-electron chi connectivity index (χ1n) is 8.00. The molecule has 2 amide bonds. The summed E-state index contributed by atoms with van der Waals surface area (Å²) in [5.74, 6) is 0.752. The molecule has 146 valence electrons. The molecule has 0 saturated carbocycles. The molecule has 3 N–H and O–H groups in total. The van der Waals surface area contributed by atoms with Gasteiger partial charge in [-0.2, -0.15) is 0 Å². The van der Waals surface area contributed by atoms with Gasteiger partial charge in [-0.25, -0.2) is 4.99 Å². The number of nitro benzene ring substituents is 1. The van der Waals surface area contributed by atoms with Crippen molar-refractivity contribution in [2.45, 2.75) is 18.1 Å². The van der Waals surface area contributed by atoms with E-state index in [0.717, 1.165) is 17.5 Å². The summed E-state index contributed by atoms with van der Waals surface area (Å²) in [6.07, 6.45) is 0.634. The first kappa shape index (κ1) is 20.2. The fourth-order valence-corrected chi connectivity index (χ4v) is 4.20. The summed E-state index contributed by atoms with van der Waals surface area (Å²) in [4.78, 5) is 38.5. The van der Waals surface area contributed by atoms with Crippen molar-refractivity contribution in [3.05, 3.63) is 34.4 Å². The fraction of sp³-hybridized carbons (Fsp3) is 0.267. The number of benzene rings is 1. The third kappa shape index (κ3) is 5.50. The molecular weight excluding hydrogens is 424 g/mol. The molecule has 3 rings (SSSR count). The SMILES string of the molecule is O=C(CC1S/C(=N/NC2=NC(=S)SCC2)NC1=O)Nc1ccc([N+](=O)[O-])cc1. The highest BCUT2D eigenvalue weighted by Gasteiger charge is 2.32. The number of nitrogens with zero attached hydrogens (tertiary/aromatic N) is 3. The number of carbonyl (C=O) groups is 2. The second-order valence-corrected chi connectivity index (χ2v) is 8.52. The number of amides is 2. The molecule has 1 saturated heterocycles. The van der Waals surface area contributed by atoms with Crippen molar-refractivity contribution in [2.24, 2.45) is 10.1 Å². The van der Waals surface area contributed by atoms with E-state index in [1.165, 1.54) is 36.0 Å². The van der Waals surface area contributed by atoms with Gasteiger partial charge in [0, 0.05) is 36.4 Å². The number of nitro groups is 1. The number of non-ortho nitro benzene ring substituents is 1. The largest absolute Gasteiger partial charge is 0.326 e. The van der Waals surface area contributed by atoms with Crippen LogP contribution in [0.3, 0.4) is 0 Å². The highest BCUT2D eigenvalue weighted by molar-refractivity contribution is 8.23. The Kier molecular flexibility index (Phi) is 6.59. The van der Waals surface area contributed by atoms with E-state index in [-0.39, 0.29) is 23.9 Å². The van der Waals surface area contributed by atoms with E-state index in [1.54, 1.807) is 0 Å². The van der Waals surface area contributed by atoms with Crippen molar-refractivity contribution in [1.82, 2.24) is 10.7 Å². The van der Waals surface area contributed by atoms with E-state index >= 15 is 0 Å². The Labute approximate surface area is 173 Å². The summed E-state index contributed by atoms with van der Waals surface area (Å²) in [5.41, 5.74) is 3.13. The number of thioether (sulfide) groups is 2. The Morgan fingerprint density at radius 1 is 1.43 bits per heavy atom. The van der Waals surface area contributed by atoms with Crippen molar-refractivity contribution in [3.63, 3.8) is 0 Å². The Morgan fingerprint density at radius 2 is 2.18 bits per heavy atom. The second-order valence-electron chi connectivity index (χ2n) is 5.60. The molecule has 28 heavy (non-hydrogen) atoms. The van der Waals surface area contributed by atoms with Gasteiger partial charge in [0.25, 0.3) is 5.69 Å². The van der Waals surface area contributed by atoms with Crippen molar-refractivity contribution in [1.29, 1.82) is 0 Å². The number of nitrogens with one attached hydrogen (secondary N) is 3. The summed E-state index contributed by atoms with van der Waals surface area (Å²) in [6, 6.07) is 5.45. The van der Waals surface area contributed by atoms with E-state index in [2.05, 4.69) is 26.2 Å². The van der Waals surface area contributed by atoms with E-state index in [4.69, 9.17) is 12.2 Å². The highest BCUT2D eigenvalue weighted by atomic mass is 32.2. The van der Waals surface area contributed by atoms with Crippen LogP contribution < -0.4 is 16.1 Å². The molecule has 13 heteroatoms. The number of thiocarbonyl (C=S) groups is 1. The van der Waals surface area contributed by atoms with Crippen LogP contribution in [0.5, 0.6) is 0 Å². The summed E-state index contributed by atoms with van der Waals surface area (Å²) in [7, 11) is 0. The predicted molar refractivity (Wildman–Crippen MR) is 114 cm³/mol. The molecule has 0 aliphatic carbocycles. The molecule has 1 unspecified atom stereocenters. The van der Waals surface area contributed by atoms with Gasteiger partial charge in [0.2, 0.25) is 11.8 Å². The maximum Gasteiger partial charge on any atom is 0.269 e. The average molecular weight is 439 g/mol. The quantitative estimate of drug-likeness (QED) is 0.360. The Bertz CT molecular complexity index is 886. The average Bonchev–Trinajstić information content (AvgIpc) is 3.00. The van der Waals surface area contributed by atoms with Crippen molar-refractivity contribution >= 4 is 74.3 Å². The summed E-state index contributed by atoms with van der Waals surface area (Å²) >= 11 is 7.65. The van der Waals surface area contributed by atoms with Gasteiger partial charge in [-0.3, -0.25) is 25.1 Å². The zero-order chi connectivity index (χ0) is 20.1. The van der Waals surface area contributed by atoms with Crippen LogP contribution in [-0.4, -0.2) is 43.1 Å². The van der Waals surface area contributed by atoms with Crippen LogP contribution in [0.2, 0.25) is 0 Å². The predicted octanol–water partition coefficient (Wildman–Crippen LogP) is 1.84. The normalized spacial score (nSPS) is 20.5. The van der Waals surface area contributed by atoms with Crippen LogP contribution in [0.1, 0.15) is 12.8 Å². The van der Waals surface area contributed by atoms with Crippen molar-refractivity contribution in [2.75, 3.05) is 11.1 Å². The number of hydrogen-bond donors (Lipinski definition) is 3. The van der Waals surface area contributed by atoms with Gasteiger partial charge in [0.15, 0.2) is 9.49 Å². The molecule has 0 radical (unpaired) electrons. The smallest absolute Gasteiger partial charge is 0.269 e. The number of aliphatic imine (C=N–C) groups is 1. The lowest BCUT2D eigenvalue weighted by molar-refractivity contribution is -0.384. The zero-order valence-corrected chi connectivity index (χ0v) is 16.7. The molecule has 1 aromatic rings. The Morgan fingerprint density at radius 3 is 2.86 bits per heavy atom. The summed E-state index contributed by atoms with van der Waals surface area (Å²) < 4.78 is 0.540. The lowest BCUT2D eigenvalue weighted by Gasteiger charge is -2.10. The van der Waals surface area contributed by atoms with Gasteiger partial charge in [0.05, 0.1) is 4.92 Å². The molecular formula is C15H14N6O4S3. The van der Waals surface area contributed by atoms with Gasteiger partial charge in [0.1, 0.15) is 11.1 Å². The van der Waals surface area contributed by atoms with Crippen molar-refractivity contribution < 1.29 is 14.5 Å². The van der Waals surface area contributed by atoms with Crippen LogP contribution in [0, 0.1) is 10.1 Å². The number of rotatable bonds is 5. The molecule has 2 heterocycles. The summed E-state index contributed by atoms with van der Waals surface area (Å²) in [5, 5.41) is 19.7. The molecule has 0 bridgehead atoms. The number of anilines is 1. The zero-order valence-electron chi connectivity index (χ0n) is 14.2. The highest BCUT2D eigenvalue weighted by Crippen LogP contribution is 2.23. The third-order valence-electron chi connectivity index (χ3n) is 3.59. The van der Waals surface area contributed by atoms with Crippen LogP contribution in [0.15, 0.2) is 34.4 Å². The van der Waals surface area contributed by atoms with E-state index in [9.17, 15) is 19.7 Å². The Hall–Kier alpha value is -2.51. The number of amidine groups is 2. The molecule has 0 aromatic heterocycles. The molecule has 0 spiro atoms. The monoisotopic (exact) mass is 438 g/mol. The molecule has 2 aliphatic heterocycles. The van der Waals surface area contributed by atoms with Gasteiger partial charge in [-0.05, 0) is 12.1 Å². The van der Waals surface area contributed by atoms with Gasteiger partial charge in [-0.1, -0.05) is 35.7 Å². The van der Waals surface area contributed by atoms with Crippen LogP contribution in [0.4, 0.5) is 11.4 Å². The fourth-order valence-electron chi connectivity index (χ4n) is 2.27. The van der Waals surface area contributed by atoms with Gasteiger partial charge >= 0.3 is 0 Å². The van der Waals surface area contributed by atoms with E-state index in [0.29, 0.717) is 27.4 Å². The van der Waals surface area contributed by atoms with Crippen molar-refractivity contribution in [3.8, 4) is 0 Å². The maximum absolute atomic E-state index is 12.2. The maximum atomic E-state index is 12.2. The molecule has 2 aliphatic rings. The minimum absolute atomic E-state index is 0.0613. The first-order chi connectivity index (χ1) is 13.4. The van der Waals surface area contributed by atoms with Crippen LogP contribution >= 0.6 is 35.7 Å². The third-order valence-corrected chi connectivity index (χ3v) is 5.86. The number of carbonyl (C=O) groups excluding carboxylic acids is 2. The second kappa shape index (κ2) is 9.12. The molecule has 1 aromatic carbocycles. The van der Waals surface area contributed by atoms with E-state index < -0.39 is 10.2 Å². The lowest BCUT2D eigenvalue weighted by atomic mass is 10.2. The minimum atomic E-state index is -0.622. The number of hydrazone groups is 1. The van der Waals surface area contributed by atoms with Gasteiger partial charge < -0.3 is 10.6 Å². The number of hydrogen-bond acceptors (Lipinski definition) is 9. The molecule has 1 fully saturated rings. The lowest BCUT2D eigenvalue weighted by Crippen LogP contribution is -2.29. The van der Waals surface area contributed by atoms with E-state index in [1.807, 2.05) is 0 Å². The minimum Gasteiger partial charge on any atom is -0.326 e. The van der Waals surface area contributed by atoms with Gasteiger partial charge in [-0.15, -0.1) is 5.10 Å². The topological polar surface area (TPSA) is 138 Å². The molecule has 1 atom stereocenters. The van der Waals surface area contributed by atoms with Crippen LogP contribution in [0.25, 0.3) is 0 Å². The van der Waals surface area contributed by atoms with Crippen LogP contribution in [-0.2, 0) is 9.59 Å². The first-order valence-corrected chi connectivity index (χ1v) is 10.3. The molecule has 10 nitrogen and oxygen atoms in total. The Balaban J connectivity index is 1.52. The standard InChI is InChI=1S/C15H14N6O4S3/c22-12(16-8-1-3-9(4-2-8)21(24)25)7-10-13(23)18-14(28-10)20-19-11-5-6-27-15(26)17-11/h1-4,10H,5-7H2,(H,16,22)(H,17,19,26)(H,18,20,23). The summed E-state index contributed by atoms with van der Waals surface area (Å²) in [6.45, 7) is 0.